The first kappa shape index (κ1) is 16.6. The predicted molar refractivity (Wildman–Crippen MR) is 92.0 cm³/mol. The smallest absolute Gasteiger partial charge is 0.220 e. The average Bonchev–Trinajstić information content (AvgIpc) is 2.94. The Hall–Kier alpha value is -1.72. The van der Waals surface area contributed by atoms with Gasteiger partial charge in [-0.05, 0) is 36.9 Å². The second kappa shape index (κ2) is 8.06. The molecule has 22 heavy (non-hydrogen) atoms. The van der Waals surface area contributed by atoms with Crippen LogP contribution in [-0.2, 0) is 4.79 Å². The third-order valence-corrected chi connectivity index (χ3v) is 4.66. The minimum absolute atomic E-state index is 0.0864. The number of nitrogens with one attached hydrogen (secondary N) is 1. The molecule has 0 spiro atoms. The van der Waals surface area contributed by atoms with Crippen molar-refractivity contribution in [2.24, 2.45) is 5.73 Å². The van der Waals surface area contributed by atoms with Gasteiger partial charge in [-0.25, -0.2) is 4.98 Å². The number of amides is 1. The zero-order chi connectivity index (χ0) is 15.9. The first-order valence-corrected chi connectivity index (χ1v) is 8.47. The van der Waals surface area contributed by atoms with Crippen molar-refractivity contribution in [2.45, 2.75) is 32.6 Å². The number of carbonyl (C=O) groups is 1. The Morgan fingerprint density at radius 3 is 2.68 bits per heavy atom. The number of hydrogen-bond acceptors (Lipinski definition) is 4. The molecule has 4 nitrogen and oxygen atoms in total. The fraction of sp³-hybridized carbons (Fsp3) is 0.412. The van der Waals surface area contributed by atoms with Crippen molar-refractivity contribution in [1.82, 2.24) is 10.3 Å². The predicted octanol–water partition coefficient (Wildman–Crippen LogP) is 3.08. The summed E-state index contributed by atoms with van der Waals surface area (Å²) in [5.41, 5.74) is 10.7. The topological polar surface area (TPSA) is 68.0 Å². The summed E-state index contributed by atoms with van der Waals surface area (Å²) in [5, 5.41) is 2.90. The highest BCUT2D eigenvalue weighted by atomic mass is 32.1. The summed E-state index contributed by atoms with van der Waals surface area (Å²) in [5.74, 6) is 0.290. The van der Waals surface area contributed by atoms with Crippen LogP contribution in [0.4, 0.5) is 0 Å². The molecular formula is C17H23N3OS. The number of rotatable bonds is 7. The van der Waals surface area contributed by atoms with Gasteiger partial charge in [0.15, 0.2) is 0 Å². The first-order chi connectivity index (χ1) is 10.6. The molecule has 2 aromatic rings. The van der Waals surface area contributed by atoms with Crippen molar-refractivity contribution < 1.29 is 4.79 Å². The third-order valence-electron chi connectivity index (χ3n) is 3.68. The Balaban J connectivity index is 1.95. The summed E-state index contributed by atoms with van der Waals surface area (Å²) < 4.78 is 0. The van der Waals surface area contributed by atoms with Gasteiger partial charge in [-0.2, -0.15) is 0 Å². The summed E-state index contributed by atoms with van der Waals surface area (Å²) in [6.45, 7) is 5.36. The van der Waals surface area contributed by atoms with Gasteiger partial charge in [-0.3, -0.25) is 4.79 Å². The van der Waals surface area contributed by atoms with E-state index >= 15 is 0 Å². The lowest BCUT2D eigenvalue weighted by Gasteiger charge is -2.12. The van der Waals surface area contributed by atoms with Gasteiger partial charge in [-0.15, -0.1) is 11.3 Å². The molecule has 1 atom stereocenters. The van der Waals surface area contributed by atoms with E-state index in [9.17, 15) is 4.79 Å². The molecule has 0 aliphatic rings. The Kier molecular flexibility index (Phi) is 6.10. The van der Waals surface area contributed by atoms with Crippen molar-refractivity contribution in [3.63, 3.8) is 0 Å². The summed E-state index contributed by atoms with van der Waals surface area (Å²) in [6.07, 6.45) is 1.33. The molecule has 0 aliphatic carbocycles. The van der Waals surface area contributed by atoms with Crippen LogP contribution in [0, 0.1) is 6.92 Å². The molecule has 0 unspecified atom stereocenters. The van der Waals surface area contributed by atoms with E-state index in [1.807, 2.05) is 12.4 Å². The molecule has 1 heterocycles. The number of aryl methyl sites for hydroxylation is 1. The molecule has 0 saturated heterocycles. The van der Waals surface area contributed by atoms with E-state index in [-0.39, 0.29) is 11.8 Å². The highest BCUT2D eigenvalue weighted by molar-refractivity contribution is 7.13. The lowest BCUT2D eigenvalue weighted by atomic mass is 9.96. The fourth-order valence-electron chi connectivity index (χ4n) is 2.34. The molecule has 2 rings (SSSR count). The Labute approximate surface area is 135 Å². The van der Waals surface area contributed by atoms with E-state index in [0.29, 0.717) is 19.5 Å². The highest BCUT2D eigenvalue weighted by Gasteiger charge is 2.12. The second-order valence-corrected chi connectivity index (χ2v) is 6.34. The van der Waals surface area contributed by atoms with Gasteiger partial charge >= 0.3 is 0 Å². The SMILES string of the molecule is Cc1ncsc1-c1ccc([C@@H](C)CC(=O)NCCCN)cc1. The molecule has 0 saturated carbocycles. The van der Waals surface area contributed by atoms with Crippen molar-refractivity contribution >= 4 is 17.2 Å². The van der Waals surface area contributed by atoms with E-state index in [2.05, 4.69) is 41.5 Å². The van der Waals surface area contributed by atoms with Gasteiger partial charge in [0.1, 0.15) is 0 Å². The standard InChI is InChI=1S/C17H23N3OS/c1-12(10-16(21)19-9-3-8-18)14-4-6-15(7-5-14)17-13(2)20-11-22-17/h4-7,11-12H,3,8-10,18H2,1-2H3,(H,19,21)/t12-/m0/s1. The van der Waals surface area contributed by atoms with Crippen LogP contribution < -0.4 is 11.1 Å². The monoisotopic (exact) mass is 317 g/mol. The molecule has 3 N–H and O–H groups in total. The van der Waals surface area contributed by atoms with E-state index in [1.54, 1.807) is 11.3 Å². The van der Waals surface area contributed by atoms with Gasteiger partial charge in [0.05, 0.1) is 16.1 Å². The van der Waals surface area contributed by atoms with E-state index in [0.717, 1.165) is 12.1 Å². The Morgan fingerprint density at radius 1 is 1.36 bits per heavy atom. The van der Waals surface area contributed by atoms with E-state index in [4.69, 9.17) is 5.73 Å². The molecule has 5 heteroatoms. The van der Waals surface area contributed by atoms with Gasteiger partial charge in [0.2, 0.25) is 5.91 Å². The summed E-state index contributed by atoms with van der Waals surface area (Å²) in [6, 6.07) is 8.43. The number of thiazole rings is 1. The second-order valence-electron chi connectivity index (χ2n) is 5.49. The number of aromatic nitrogens is 1. The average molecular weight is 317 g/mol. The molecular weight excluding hydrogens is 294 g/mol. The van der Waals surface area contributed by atoms with E-state index < -0.39 is 0 Å². The van der Waals surface area contributed by atoms with Crippen LogP contribution in [-0.4, -0.2) is 24.0 Å². The van der Waals surface area contributed by atoms with Gasteiger partial charge in [0, 0.05) is 13.0 Å². The van der Waals surface area contributed by atoms with Crippen LogP contribution in [0.3, 0.4) is 0 Å². The number of nitrogens with zero attached hydrogens (tertiary/aromatic N) is 1. The molecule has 118 valence electrons. The molecule has 1 aromatic carbocycles. The molecule has 0 radical (unpaired) electrons. The van der Waals surface area contributed by atoms with Gasteiger partial charge in [0.25, 0.3) is 0 Å². The molecule has 0 fully saturated rings. The summed E-state index contributed by atoms with van der Waals surface area (Å²) in [7, 11) is 0. The zero-order valence-corrected chi connectivity index (χ0v) is 14.0. The van der Waals surface area contributed by atoms with Crippen LogP contribution in [0.25, 0.3) is 10.4 Å². The Bertz CT molecular complexity index is 607. The minimum atomic E-state index is 0.0864. The van der Waals surface area contributed by atoms with Gasteiger partial charge in [-0.1, -0.05) is 31.2 Å². The number of carbonyl (C=O) groups excluding carboxylic acids is 1. The lowest BCUT2D eigenvalue weighted by molar-refractivity contribution is -0.121. The van der Waals surface area contributed by atoms with Crippen LogP contribution in [0.5, 0.6) is 0 Å². The molecule has 1 aromatic heterocycles. The van der Waals surface area contributed by atoms with Crippen molar-refractivity contribution in [2.75, 3.05) is 13.1 Å². The maximum absolute atomic E-state index is 11.8. The van der Waals surface area contributed by atoms with Crippen LogP contribution >= 0.6 is 11.3 Å². The van der Waals surface area contributed by atoms with Crippen LogP contribution in [0.2, 0.25) is 0 Å². The number of benzene rings is 1. The number of nitrogens with two attached hydrogens (primary N) is 1. The first-order valence-electron chi connectivity index (χ1n) is 7.59. The lowest BCUT2D eigenvalue weighted by Crippen LogP contribution is -2.26. The zero-order valence-electron chi connectivity index (χ0n) is 13.1. The quantitative estimate of drug-likeness (QED) is 0.771. The van der Waals surface area contributed by atoms with Crippen LogP contribution in [0.15, 0.2) is 29.8 Å². The highest BCUT2D eigenvalue weighted by Crippen LogP contribution is 2.29. The minimum Gasteiger partial charge on any atom is -0.356 e. The van der Waals surface area contributed by atoms with Crippen molar-refractivity contribution in [3.05, 3.63) is 41.0 Å². The molecule has 1 amide bonds. The maximum Gasteiger partial charge on any atom is 0.220 e. The Morgan fingerprint density at radius 2 is 2.09 bits per heavy atom. The van der Waals surface area contributed by atoms with Crippen molar-refractivity contribution in [1.29, 1.82) is 0 Å². The normalized spacial score (nSPS) is 12.1. The maximum atomic E-state index is 11.8. The summed E-state index contributed by atoms with van der Waals surface area (Å²) in [4.78, 5) is 17.3. The van der Waals surface area contributed by atoms with Gasteiger partial charge < -0.3 is 11.1 Å². The van der Waals surface area contributed by atoms with E-state index in [1.165, 1.54) is 16.0 Å². The third kappa shape index (κ3) is 4.39. The van der Waals surface area contributed by atoms with Crippen molar-refractivity contribution in [3.8, 4) is 10.4 Å². The largest absolute Gasteiger partial charge is 0.356 e. The fourth-order valence-corrected chi connectivity index (χ4v) is 3.15. The van der Waals surface area contributed by atoms with Crippen LogP contribution in [0.1, 0.15) is 36.9 Å². The number of hydrogen-bond donors (Lipinski definition) is 2. The summed E-state index contributed by atoms with van der Waals surface area (Å²) >= 11 is 1.65. The molecule has 0 bridgehead atoms. The molecule has 0 aliphatic heterocycles.